The second kappa shape index (κ2) is 5.38. The zero-order chi connectivity index (χ0) is 15.8. The summed E-state index contributed by atoms with van der Waals surface area (Å²) in [7, 11) is 0. The second-order valence-electron chi connectivity index (χ2n) is 6.35. The number of carboxylic acid groups (broad SMARTS) is 1. The zero-order valence-electron chi connectivity index (χ0n) is 12.7. The summed E-state index contributed by atoms with van der Waals surface area (Å²) in [5.74, 6) is -1.46. The van der Waals surface area contributed by atoms with Crippen LogP contribution in [0.3, 0.4) is 0 Å². The molecule has 0 aliphatic carbocycles. The van der Waals surface area contributed by atoms with Crippen LogP contribution >= 0.6 is 0 Å². The molecule has 1 aromatic heterocycles. The molecule has 1 aliphatic rings. The minimum absolute atomic E-state index is 0.0762. The van der Waals surface area contributed by atoms with Crippen molar-refractivity contribution in [2.75, 3.05) is 13.1 Å². The van der Waals surface area contributed by atoms with E-state index in [2.05, 4.69) is 5.10 Å². The van der Waals surface area contributed by atoms with Crippen LogP contribution in [-0.4, -0.2) is 50.5 Å². The minimum Gasteiger partial charge on any atom is -0.481 e. The third-order valence-electron chi connectivity index (χ3n) is 3.38. The van der Waals surface area contributed by atoms with Crippen molar-refractivity contribution in [2.45, 2.75) is 45.3 Å². The Morgan fingerprint density at radius 1 is 1.43 bits per heavy atom. The maximum atomic E-state index is 11.8. The fourth-order valence-corrected chi connectivity index (χ4v) is 2.02. The van der Waals surface area contributed by atoms with Gasteiger partial charge in [0.25, 0.3) is 0 Å². The van der Waals surface area contributed by atoms with Crippen LogP contribution in [-0.2, 0) is 9.53 Å². The Kier molecular flexibility index (Phi) is 3.93. The molecule has 1 atom stereocenters. The van der Waals surface area contributed by atoms with Crippen molar-refractivity contribution in [3.63, 3.8) is 0 Å². The number of ether oxygens (including phenoxy) is 1. The first-order chi connectivity index (χ1) is 9.67. The average Bonchev–Trinajstić information content (AvgIpc) is 2.72. The molecule has 0 spiro atoms. The zero-order valence-corrected chi connectivity index (χ0v) is 12.7. The van der Waals surface area contributed by atoms with E-state index >= 15 is 0 Å². The molecule has 1 N–H and O–H groups in total. The van der Waals surface area contributed by atoms with E-state index < -0.39 is 17.5 Å². The highest BCUT2D eigenvalue weighted by atomic mass is 16.6. The first-order valence-corrected chi connectivity index (χ1v) is 6.92. The summed E-state index contributed by atoms with van der Waals surface area (Å²) in [6.07, 6.45) is 2.97. The molecule has 0 saturated carbocycles. The molecule has 1 aliphatic heterocycles. The van der Waals surface area contributed by atoms with Gasteiger partial charge >= 0.3 is 12.1 Å². The number of aliphatic carboxylic acids is 1. The molecule has 0 radical (unpaired) electrons. The first kappa shape index (κ1) is 15.3. The highest BCUT2D eigenvalue weighted by Crippen LogP contribution is 2.24. The lowest BCUT2D eigenvalue weighted by Crippen LogP contribution is -2.52. The highest BCUT2D eigenvalue weighted by molar-refractivity contribution is 5.75. The Labute approximate surface area is 123 Å². The molecule has 1 unspecified atom stereocenters. The van der Waals surface area contributed by atoms with E-state index in [0.717, 1.165) is 0 Å². The number of nitrogens with zero attached hydrogens (tertiary/aromatic N) is 3. The van der Waals surface area contributed by atoms with E-state index in [0.29, 0.717) is 18.7 Å². The van der Waals surface area contributed by atoms with Gasteiger partial charge in [-0.1, -0.05) is 0 Å². The Hall–Kier alpha value is -2.05. The normalized spacial score (nSPS) is 17.2. The summed E-state index contributed by atoms with van der Waals surface area (Å²) in [6.45, 7) is 8.16. The SMILES string of the molecule is CC(C(=O)O)c1cnn(C2CN(C(=O)OC(C)(C)C)C2)c1. The molecule has 2 rings (SSSR count). The van der Waals surface area contributed by atoms with E-state index in [1.54, 1.807) is 28.9 Å². The van der Waals surface area contributed by atoms with Gasteiger partial charge in [-0.3, -0.25) is 9.48 Å². The summed E-state index contributed by atoms with van der Waals surface area (Å²) >= 11 is 0. The Balaban J connectivity index is 1.90. The third-order valence-corrected chi connectivity index (χ3v) is 3.38. The van der Waals surface area contributed by atoms with E-state index in [-0.39, 0.29) is 12.1 Å². The van der Waals surface area contributed by atoms with Gasteiger partial charge in [0.1, 0.15) is 5.60 Å². The fraction of sp³-hybridized carbons (Fsp3) is 0.643. The molecule has 116 valence electrons. The molecule has 2 heterocycles. The molecule has 0 bridgehead atoms. The Morgan fingerprint density at radius 2 is 2.05 bits per heavy atom. The quantitative estimate of drug-likeness (QED) is 0.920. The monoisotopic (exact) mass is 295 g/mol. The van der Waals surface area contributed by atoms with Gasteiger partial charge in [-0.2, -0.15) is 5.10 Å². The van der Waals surface area contributed by atoms with Crippen LogP contribution < -0.4 is 0 Å². The number of hydrogen-bond acceptors (Lipinski definition) is 4. The lowest BCUT2D eigenvalue weighted by Gasteiger charge is -2.39. The van der Waals surface area contributed by atoms with Crippen molar-refractivity contribution in [1.82, 2.24) is 14.7 Å². The van der Waals surface area contributed by atoms with Crippen LogP contribution in [0.2, 0.25) is 0 Å². The maximum absolute atomic E-state index is 11.8. The number of carbonyl (C=O) groups excluding carboxylic acids is 1. The van der Waals surface area contributed by atoms with E-state index in [4.69, 9.17) is 9.84 Å². The van der Waals surface area contributed by atoms with Crippen LogP contribution in [0, 0.1) is 0 Å². The fourth-order valence-electron chi connectivity index (χ4n) is 2.02. The predicted molar refractivity (Wildman–Crippen MR) is 75.1 cm³/mol. The van der Waals surface area contributed by atoms with Crippen molar-refractivity contribution in [3.8, 4) is 0 Å². The van der Waals surface area contributed by atoms with Crippen LogP contribution in [0.5, 0.6) is 0 Å². The lowest BCUT2D eigenvalue weighted by atomic mass is 10.1. The van der Waals surface area contributed by atoms with Gasteiger partial charge in [0, 0.05) is 24.8 Å². The van der Waals surface area contributed by atoms with E-state index in [1.807, 2.05) is 20.8 Å². The largest absolute Gasteiger partial charge is 0.481 e. The number of amides is 1. The summed E-state index contributed by atoms with van der Waals surface area (Å²) in [5, 5.41) is 13.2. The third kappa shape index (κ3) is 3.53. The number of aromatic nitrogens is 2. The number of rotatable bonds is 3. The molecule has 21 heavy (non-hydrogen) atoms. The molecular weight excluding hydrogens is 274 g/mol. The summed E-state index contributed by atoms with van der Waals surface area (Å²) < 4.78 is 7.00. The minimum atomic E-state index is -0.876. The number of hydrogen-bond donors (Lipinski definition) is 1. The number of carbonyl (C=O) groups is 2. The highest BCUT2D eigenvalue weighted by Gasteiger charge is 2.35. The lowest BCUT2D eigenvalue weighted by molar-refractivity contribution is -0.138. The molecule has 1 fully saturated rings. The summed E-state index contributed by atoms with van der Waals surface area (Å²) in [4.78, 5) is 24.4. The van der Waals surface area contributed by atoms with Crippen molar-refractivity contribution in [3.05, 3.63) is 18.0 Å². The van der Waals surface area contributed by atoms with E-state index in [9.17, 15) is 9.59 Å². The average molecular weight is 295 g/mol. The van der Waals surface area contributed by atoms with Crippen LogP contribution in [0.15, 0.2) is 12.4 Å². The van der Waals surface area contributed by atoms with Gasteiger partial charge in [0.2, 0.25) is 0 Å². The molecule has 7 nitrogen and oxygen atoms in total. The molecule has 1 amide bonds. The Morgan fingerprint density at radius 3 is 2.57 bits per heavy atom. The van der Waals surface area contributed by atoms with Crippen molar-refractivity contribution in [2.24, 2.45) is 0 Å². The van der Waals surface area contributed by atoms with Gasteiger partial charge in [-0.15, -0.1) is 0 Å². The van der Waals surface area contributed by atoms with Crippen molar-refractivity contribution < 1.29 is 19.4 Å². The molecule has 7 heteroatoms. The summed E-state index contributed by atoms with van der Waals surface area (Å²) in [6, 6.07) is 0.0762. The van der Waals surface area contributed by atoms with Gasteiger partial charge in [0.05, 0.1) is 18.2 Å². The molecular formula is C14H21N3O4. The molecule has 1 aromatic rings. The van der Waals surface area contributed by atoms with Gasteiger partial charge in [-0.05, 0) is 27.7 Å². The first-order valence-electron chi connectivity index (χ1n) is 6.92. The predicted octanol–water partition coefficient (Wildman–Crippen LogP) is 1.86. The number of carboxylic acids is 1. The van der Waals surface area contributed by atoms with Crippen LogP contribution in [0.4, 0.5) is 4.79 Å². The molecule has 0 aromatic carbocycles. The van der Waals surface area contributed by atoms with E-state index in [1.165, 1.54) is 0 Å². The maximum Gasteiger partial charge on any atom is 0.410 e. The topological polar surface area (TPSA) is 84.7 Å². The van der Waals surface area contributed by atoms with Crippen LogP contribution in [0.1, 0.15) is 45.2 Å². The van der Waals surface area contributed by atoms with Crippen molar-refractivity contribution in [1.29, 1.82) is 0 Å². The second-order valence-corrected chi connectivity index (χ2v) is 6.35. The van der Waals surface area contributed by atoms with Gasteiger partial charge < -0.3 is 14.7 Å². The van der Waals surface area contributed by atoms with Gasteiger partial charge in [0.15, 0.2) is 0 Å². The standard InChI is InChI=1S/C14H21N3O4/c1-9(12(18)19)10-5-15-17(6-10)11-7-16(8-11)13(20)21-14(2,3)4/h5-6,9,11H,7-8H2,1-4H3,(H,18,19). The Bertz CT molecular complexity index is 541. The molecule has 1 saturated heterocycles. The van der Waals surface area contributed by atoms with Crippen molar-refractivity contribution >= 4 is 12.1 Å². The summed E-state index contributed by atoms with van der Waals surface area (Å²) in [5.41, 5.74) is 0.163. The number of likely N-dealkylation sites (tertiary alicyclic amines) is 1. The van der Waals surface area contributed by atoms with Crippen LogP contribution in [0.25, 0.3) is 0 Å². The van der Waals surface area contributed by atoms with Gasteiger partial charge in [-0.25, -0.2) is 4.79 Å². The smallest absolute Gasteiger partial charge is 0.410 e.